The van der Waals surface area contributed by atoms with Crippen molar-refractivity contribution in [3.8, 4) is 0 Å². The van der Waals surface area contributed by atoms with Crippen molar-refractivity contribution in [3.63, 3.8) is 0 Å². The molecule has 5 heteroatoms. The summed E-state index contributed by atoms with van der Waals surface area (Å²) in [5.74, 6) is 0.0531. The zero-order valence-corrected chi connectivity index (χ0v) is 8.26. The minimum Gasteiger partial charge on any atom is -0.447 e. The number of alkyl carbamates (subject to hydrolysis) is 1. The Morgan fingerprint density at radius 1 is 1.54 bits per heavy atom. The Hall–Kier alpha value is -1.26. The Balaban J connectivity index is 3.71. The molecule has 0 aromatic heterocycles. The van der Waals surface area contributed by atoms with Gasteiger partial charge in [0.15, 0.2) is 0 Å². The van der Waals surface area contributed by atoms with Gasteiger partial charge in [-0.05, 0) is 20.8 Å². The largest absolute Gasteiger partial charge is 0.447 e. The highest BCUT2D eigenvalue weighted by atomic mass is 16.6. The molecule has 1 unspecified atom stereocenters. The third kappa shape index (κ3) is 7.11. The first kappa shape index (κ1) is 11.7. The molecule has 0 rings (SSSR count). The van der Waals surface area contributed by atoms with Gasteiger partial charge in [0.25, 0.3) is 0 Å². The number of amides is 1. The van der Waals surface area contributed by atoms with Gasteiger partial charge in [0, 0.05) is 12.5 Å². The van der Waals surface area contributed by atoms with Crippen LogP contribution in [0, 0.1) is 5.41 Å². The van der Waals surface area contributed by atoms with E-state index in [-0.39, 0.29) is 18.0 Å². The van der Waals surface area contributed by atoms with Crippen LogP contribution in [0.1, 0.15) is 27.2 Å². The number of carbonyl (C=O) groups is 1. The van der Waals surface area contributed by atoms with Crippen molar-refractivity contribution in [1.29, 1.82) is 5.41 Å². The van der Waals surface area contributed by atoms with Crippen molar-refractivity contribution in [2.75, 3.05) is 0 Å². The van der Waals surface area contributed by atoms with Gasteiger partial charge < -0.3 is 15.8 Å². The SMILES string of the molecule is CC(CC(=N)N)NC(=O)OC(C)C. The molecule has 0 aliphatic heterocycles. The Labute approximate surface area is 78.1 Å². The summed E-state index contributed by atoms with van der Waals surface area (Å²) < 4.78 is 4.84. The predicted octanol–water partition coefficient (Wildman–Crippen LogP) is 0.836. The first-order valence-corrected chi connectivity index (χ1v) is 4.22. The lowest BCUT2D eigenvalue weighted by atomic mass is 10.2. The summed E-state index contributed by atoms with van der Waals surface area (Å²) in [5, 5.41) is 9.56. The second-order valence-electron chi connectivity index (χ2n) is 3.23. The van der Waals surface area contributed by atoms with Crippen molar-refractivity contribution in [2.24, 2.45) is 5.73 Å². The summed E-state index contributed by atoms with van der Waals surface area (Å²) in [5.41, 5.74) is 5.16. The van der Waals surface area contributed by atoms with E-state index in [9.17, 15) is 4.79 Å². The highest BCUT2D eigenvalue weighted by molar-refractivity contribution is 5.78. The number of nitrogens with one attached hydrogen (secondary N) is 2. The van der Waals surface area contributed by atoms with E-state index in [1.807, 2.05) is 0 Å². The molecular weight excluding hydrogens is 170 g/mol. The Morgan fingerprint density at radius 2 is 2.08 bits per heavy atom. The van der Waals surface area contributed by atoms with Gasteiger partial charge in [0.2, 0.25) is 0 Å². The van der Waals surface area contributed by atoms with Gasteiger partial charge in [-0.25, -0.2) is 4.79 Å². The monoisotopic (exact) mass is 187 g/mol. The van der Waals surface area contributed by atoms with Crippen LogP contribution in [0.3, 0.4) is 0 Å². The number of amidine groups is 1. The van der Waals surface area contributed by atoms with Crippen molar-refractivity contribution >= 4 is 11.9 Å². The molecule has 0 saturated heterocycles. The fourth-order valence-corrected chi connectivity index (χ4v) is 0.830. The molecule has 76 valence electrons. The van der Waals surface area contributed by atoms with Gasteiger partial charge in [-0.2, -0.15) is 0 Å². The highest BCUT2D eigenvalue weighted by Crippen LogP contribution is 1.93. The van der Waals surface area contributed by atoms with Gasteiger partial charge in [0.05, 0.1) is 11.9 Å². The summed E-state index contributed by atoms with van der Waals surface area (Å²) in [7, 11) is 0. The van der Waals surface area contributed by atoms with Gasteiger partial charge in [-0.15, -0.1) is 0 Å². The van der Waals surface area contributed by atoms with Crippen molar-refractivity contribution < 1.29 is 9.53 Å². The smallest absolute Gasteiger partial charge is 0.407 e. The number of nitrogens with two attached hydrogens (primary N) is 1. The van der Waals surface area contributed by atoms with Crippen LogP contribution in [0.5, 0.6) is 0 Å². The van der Waals surface area contributed by atoms with Crippen molar-refractivity contribution in [2.45, 2.75) is 39.3 Å². The maximum absolute atomic E-state index is 11.0. The topological polar surface area (TPSA) is 88.2 Å². The second kappa shape index (κ2) is 5.40. The molecule has 1 amide bonds. The van der Waals surface area contributed by atoms with E-state index in [1.165, 1.54) is 0 Å². The molecule has 0 aromatic carbocycles. The lowest BCUT2D eigenvalue weighted by Gasteiger charge is -2.14. The fourth-order valence-electron chi connectivity index (χ4n) is 0.830. The van der Waals surface area contributed by atoms with Gasteiger partial charge >= 0.3 is 6.09 Å². The minimum atomic E-state index is -0.469. The molecule has 0 spiro atoms. The van der Waals surface area contributed by atoms with E-state index < -0.39 is 6.09 Å². The normalized spacial score (nSPS) is 12.3. The first-order valence-electron chi connectivity index (χ1n) is 4.22. The Kier molecular flexibility index (Phi) is 4.87. The van der Waals surface area contributed by atoms with Gasteiger partial charge in [0.1, 0.15) is 0 Å². The standard InChI is InChI=1S/C8H17N3O2/c1-5(2)13-8(12)11-6(3)4-7(9)10/h5-6H,4H2,1-3H3,(H3,9,10)(H,11,12). The lowest BCUT2D eigenvalue weighted by molar-refractivity contribution is 0.113. The van der Waals surface area contributed by atoms with Crippen LogP contribution < -0.4 is 11.1 Å². The third-order valence-corrected chi connectivity index (χ3v) is 1.23. The molecule has 1 atom stereocenters. The zero-order chi connectivity index (χ0) is 10.4. The number of hydrogen-bond donors (Lipinski definition) is 3. The summed E-state index contributed by atoms with van der Waals surface area (Å²) in [6.07, 6.45) is -0.263. The van der Waals surface area contributed by atoms with Crippen LogP contribution >= 0.6 is 0 Å². The van der Waals surface area contributed by atoms with Crippen LogP contribution in [0.25, 0.3) is 0 Å². The molecule has 0 aliphatic carbocycles. The van der Waals surface area contributed by atoms with E-state index in [1.54, 1.807) is 20.8 Å². The molecule has 0 radical (unpaired) electrons. The molecule has 0 fully saturated rings. The maximum atomic E-state index is 11.0. The summed E-state index contributed by atoms with van der Waals surface area (Å²) in [6, 6.07) is -0.163. The molecule has 5 nitrogen and oxygen atoms in total. The lowest BCUT2D eigenvalue weighted by Crippen LogP contribution is -2.36. The molecular formula is C8H17N3O2. The highest BCUT2D eigenvalue weighted by Gasteiger charge is 2.09. The van der Waals surface area contributed by atoms with E-state index in [0.717, 1.165) is 0 Å². The number of ether oxygens (including phenoxy) is 1. The summed E-state index contributed by atoms with van der Waals surface area (Å²) in [6.45, 7) is 5.31. The van der Waals surface area contributed by atoms with E-state index in [0.29, 0.717) is 6.42 Å². The maximum Gasteiger partial charge on any atom is 0.407 e. The van der Waals surface area contributed by atoms with Crippen LogP contribution in [0.4, 0.5) is 4.79 Å². The van der Waals surface area contributed by atoms with Crippen LogP contribution in [0.15, 0.2) is 0 Å². The number of carbonyl (C=O) groups excluding carboxylic acids is 1. The molecule has 4 N–H and O–H groups in total. The summed E-state index contributed by atoms with van der Waals surface area (Å²) in [4.78, 5) is 11.0. The van der Waals surface area contributed by atoms with Crippen molar-refractivity contribution in [1.82, 2.24) is 5.32 Å². The Morgan fingerprint density at radius 3 is 2.46 bits per heavy atom. The van der Waals surface area contributed by atoms with Crippen molar-refractivity contribution in [3.05, 3.63) is 0 Å². The molecule has 0 heterocycles. The van der Waals surface area contributed by atoms with Gasteiger partial charge in [-0.1, -0.05) is 0 Å². The van der Waals surface area contributed by atoms with E-state index in [2.05, 4.69) is 5.32 Å². The van der Waals surface area contributed by atoms with E-state index in [4.69, 9.17) is 15.9 Å². The molecule has 13 heavy (non-hydrogen) atoms. The van der Waals surface area contributed by atoms with Crippen LogP contribution in [-0.4, -0.2) is 24.1 Å². The van der Waals surface area contributed by atoms with Crippen LogP contribution in [0.2, 0.25) is 0 Å². The third-order valence-electron chi connectivity index (χ3n) is 1.23. The minimum absolute atomic E-state index is 0.0531. The Bertz CT molecular complexity index is 192. The second-order valence-corrected chi connectivity index (χ2v) is 3.23. The molecule has 0 saturated carbocycles. The zero-order valence-electron chi connectivity index (χ0n) is 8.26. The fraction of sp³-hybridized carbons (Fsp3) is 0.750. The van der Waals surface area contributed by atoms with Crippen LogP contribution in [-0.2, 0) is 4.74 Å². The average molecular weight is 187 g/mol. The predicted molar refractivity (Wildman–Crippen MR) is 50.7 cm³/mol. The molecule has 0 aliphatic rings. The van der Waals surface area contributed by atoms with Gasteiger partial charge in [-0.3, -0.25) is 5.41 Å². The number of rotatable bonds is 4. The number of hydrogen-bond acceptors (Lipinski definition) is 3. The summed E-state index contributed by atoms with van der Waals surface area (Å²) >= 11 is 0. The van der Waals surface area contributed by atoms with E-state index >= 15 is 0 Å². The molecule has 0 aromatic rings. The molecule has 0 bridgehead atoms. The first-order chi connectivity index (χ1) is 5.91. The average Bonchev–Trinajstić information content (AvgIpc) is 1.80. The quantitative estimate of drug-likeness (QED) is 0.450.